The molecule has 0 saturated carbocycles. The molecule has 3 N–H and O–H groups in total. The highest BCUT2D eigenvalue weighted by Gasteiger charge is 2.06. The lowest BCUT2D eigenvalue weighted by Crippen LogP contribution is -2.14. The van der Waals surface area contributed by atoms with Crippen LogP contribution in [0, 0.1) is 0 Å². The number of nitrogens with zero attached hydrogens (tertiary/aromatic N) is 1. The summed E-state index contributed by atoms with van der Waals surface area (Å²) < 4.78 is 0. The molecule has 4 nitrogen and oxygen atoms in total. The van der Waals surface area contributed by atoms with Gasteiger partial charge in [0, 0.05) is 24.1 Å². The Morgan fingerprint density at radius 3 is 2.76 bits per heavy atom. The minimum atomic E-state index is -0.143. The predicted molar refractivity (Wildman–Crippen MR) is 69.0 cm³/mol. The average molecular weight is 247 g/mol. The topological polar surface area (TPSA) is 71.8 Å². The number of thioether (sulfide) groups is 1. The average Bonchev–Trinajstić information content (AvgIpc) is 2.37. The maximum absolute atomic E-state index is 11.1. The van der Waals surface area contributed by atoms with Crippen LogP contribution in [0.25, 0.3) is 0 Å². The van der Waals surface area contributed by atoms with E-state index in [4.69, 9.17) is 5.73 Å². The van der Waals surface area contributed by atoms with Crippen LogP contribution in [0.4, 0.5) is 0 Å². The molecular weight excluding hydrogens is 234 g/mol. The van der Waals surface area contributed by atoms with Crippen molar-refractivity contribution in [2.45, 2.75) is 11.2 Å². The van der Waals surface area contributed by atoms with E-state index in [0.717, 1.165) is 5.56 Å². The highest BCUT2D eigenvalue weighted by atomic mass is 32.2. The normalized spacial score (nSPS) is 12.3. The number of hydrogen-bond donors (Lipinski definition) is 2. The zero-order valence-corrected chi connectivity index (χ0v) is 9.98. The molecule has 1 heterocycles. The SMILES string of the molecule is NC(CSc1nccc(=O)[nH]1)c1ccccc1. The van der Waals surface area contributed by atoms with Gasteiger partial charge in [-0.1, -0.05) is 42.1 Å². The molecule has 5 heteroatoms. The first-order chi connectivity index (χ1) is 8.25. The molecule has 2 rings (SSSR count). The molecule has 0 radical (unpaired) electrons. The number of hydrogen-bond acceptors (Lipinski definition) is 4. The summed E-state index contributed by atoms with van der Waals surface area (Å²) in [4.78, 5) is 17.8. The molecule has 0 bridgehead atoms. The van der Waals surface area contributed by atoms with E-state index in [-0.39, 0.29) is 11.6 Å². The molecule has 1 aromatic heterocycles. The van der Waals surface area contributed by atoms with Gasteiger partial charge < -0.3 is 10.7 Å². The van der Waals surface area contributed by atoms with Crippen LogP contribution in [-0.2, 0) is 0 Å². The van der Waals surface area contributed by atoms with Crippen molar-refractivity contribution in [3.05, 3.63) is 58.5 Å². The summed E-state index contributed by atoms with van der Waals surface area (Å²) in [5.41, 5.74) is 6.98. The van der Waals surface area contributed by atoms with Crippen molar-refractivity contribution in [1.82, 2.24) is 9.97 Å². The van der Waals surface area contributed by atoms with Crippen LogP contribution < -0.4 is 11.3 Å². The summed E-state index contributed by atoms with van der Waals surface area (Å²) in [7, 11) is 0. The molecule has 88 valence electrons. The summed E-state index contributed by atoms with van der Waals surface area (Å²) >= 11 is 1.45. The van der Waals surface area contributed by atoms with Crippen molar-refractivity contribution in [1.29, 1.82) is 0 Å². The van der Waals surface area contributed by atoms with Crippen molar-refractivity contribution < 1.29 is 0 Å². The molecule has 0 amide bonds. The van der Waals surface area contributed by atoms with E-state index in [1.54, 1.807) is 0 Å². The largest absolute Gasteiger partial charge is 0.323 e. The number of rotatable bonds is 4. The first-order valence-electron chi connectivity index (χ1n) is 5.24. The van der Waals surface area contributed by atoms with E-state index in [1.165, 1.54) is 24.0 Å². The van der Waals surface area contributed by atoms with E-state index in [2.05, 4.69) is 9.97 Å². The Morgan fingerprint density at radius 1 is 1.29 bits per heavy atom. The van der Waals surface area contributed by atoms with Crippen LogP contribution in [0.1, 0.15) is 11.6 Å². The van der Waals surface area contributed by atoms with E-state index in [0.29, 0.717) is 10.9 Å². The maximum atomic E-state index is 11.1. The third-order valence-electron chi connectivity index (χ3n) is 2.28. The maximum Gasteiger partial charge on any atom is 0.251 e. The van der Waals surface area contributed by atoms with Gasteiger partial charge in [-0.3, -0.25) is 4.79 Å². The molecule has 0 saturated heterocycles. The lowest BCUT2D eigenvalue weighted by atomic mass is 10.1. The van der Waals surface area contributed by atoms with Gasteiger partial charge in [0.25, 0.3) is 5.56 Å². The Morgan fingerprint density at radius 2 is 2.06 bits per heavy atom. The monoisotopic (exact) mass is 247 g/mol. The fourth-order valence-electron chi connectivity index (χ4n) is 1.39. The molecule has 1 atom stereocenters. The summed E-state index contributed by atoms with van der Waals surface area (Å²) in [6.07, 6.45) is 1.50. The van der Waals surface area contributed by atoms with Crippen molar-refractivity contribution in [3.8, 4) is 0 Å². The first-order valence-corrected chi connectivity index (χ1v) is 6.23. The standard InChI is InChI=1S/C12H13N3OS/c13-10(9-4-2-1-3-5-9)8-17-12-14-7-6-11(16)15-12/h1-7,10H,8,13H2,(H,14,15,16). The number of aromatic amines is 1. The molecule has 0 aliphatic rings. The van der Waals surface area contributed by atoms with Crippen molar-refractivity contribution in [2.75, 3.05) is 5.75 Å². The fourth-order valence-corrected chi connectivity index (χ4v) is 2.23. The van der Waals surface area contributed by atoms with E-state index in [1.807, 2.05) is 30.3 Å². The lowest BCUT2D eigenvalue weighted by molar-refractivity contribution is 0.825. The van der Waals surface area contributed by atoms with Gasteiger partial charge in [0.15, 0.2) is 5.16 Å². The minimum absolute atomic E-state index is 0.0632. The van der Waals surface area contributed by atoms with Crippen molar-refractivity contribution in [2.24, 2.45) is 5.73 Å². The number of nitrogens with one attached hydrogen (secondary N) is 1. The van der Waals surface area contributed by atoms with Crippen molar-refractivity contribution in [3.63, 3.8) is 0 Å². The molecule has 17 heavy (non-hydrogen) atoms. The molecule has 2 aromatic rings. The molecular formula is C12H13N3OS. The molecule has 0 fully saturated rings. The van der Waals surface area contributed by atoms with E-state index >= 15 is 0 Å². The minimum Gasteiger partial charge on any atom is -0.323 e. The van der Waals surface area contributed by atoms with Crippen LogP contribution >= 0.6 is 11.8 Å². The third-order valence-corrected chi connectivity index (χ3v) is 3.28. The summed E-state index contributed by atoms with van der Waals surface area (Å²) in [5.74, 6) is 0.678. The van der Waals surface area contributed by atoms with Crippen LogP contribution in [0.5, 0.6) is 0 Å². The van der Waals surface area contributed by atoms with Crippen LogP contribution in [0.15, 0.2) is 52.5 Å². The van der Waals surface area contributed by atoms with Crippen molar-refractivity contribution >= 4 is 11.8 Å². The second kappa shape index (κ2) is 5.65. The second-order valence-electron chi connectivity index (χ2n) is 3.57. The first kappa shape index (κ1) is 11.9. The van der Waals surface area contributed by atoms with E-state index < -0.39 is 0 Å². The highest BCUT2D eigenvalue weighted by Crippen LogP contribution is 2.19. The van der Waals surface area contributed by atoms with Crippen LogP contribution in [0.3, 0.4) is 0 Å². The number of nitrogens with two attached hydrogens (primary N) is 1. The van der Waals surface area contributed by atoms with Gasteiger partial charge in [-0.15, -0.1) is 0 Å². The number of aromatic nitrogens is 2. The Hall–Kier alpha value is -1.59. The molecule has 1 aromatic carbocycles. The van der Waals surface area contributed by atoms with E-state index in [9.17, 15) is 4.79 Å². The Balaban J connectivity index is 1.97. The zero-order valence-electron chi connectivity index (χ0n) is 9.17. The number of H-pyrrole nitrogens is 1. The Kier molecular flexibility index (Phi) is 3.95. The summed E-state index contributed by atoms with van der Waals surface area (Å²) in [5, 5.41) is 0.601. The number of benzene rings is 1. The molecule has 0 aliphatic carbocycles. The van der Waals surface area contributed by atoms with Gasteiger partial charge in [0.1, 0.15) is 0 Å². The Bertz CT molecular complexity index is 527. The van der Waals surface area contributed by atoms with Gasteiger partial charge in [0.05, 0.1) is 0 Å². The third kappa shape index (κ3) is 3.44. The molecule has 0 spiro atoms. The van der Waals surface area contributed by atoms with Gasteiger partial charge in [0.2, 0.25) is 0 Å². The Labute approximate surface area is 103 Å². The smallest absolute Gasteiger partial charge is 0.251 e. The van der Waals surface area contributed by atoms with Crippen LogP contribution in [0.2, 0.25) is 0 Å². The fraction of sp³-hybridized carbons (Fsp3) is 0.167. The van der Waals surface area contributed by atoms with Gasteiger partial charge in [-0.25, -0.2) is 4.98 Å². The van der Waals surface area contributed by atoms with Gasteiger partial charge in [-0.2, -0.15) is 0 Å². The zero-order chi connectivity index (χ0) is 12.1. The molecule has 1 unspecified atom stereocenters. The summed E-state index contributed by atoms with van der Waals surface area (Å²) in [6.45, 7) is 0. The quantitative estimate of drug-likeness (QED) is 0.635. The van der Waals surface area contributed by atoms with Gasteiger partial charge >= 0.3 is 0 Å². The predicted octanol–water partition coefficient (Wildman–Crippen LogP) is 1.56. The summed E-state index contributed by atoms with van der Waals surface area (Å²) in [6, 6.07) is 11.2. The highest BCUT2D eigenvalue weighted by molar-refractivity contribution is 7.99. The van der Waals surface area contributed by atoms with Gasteiger partial charge in [-0.05, 0) is 5.56 Å². The lowest BCUT2D eigenvalue weighted by Gasteiger charge is -2.10. The second-order valence-corrected chi connectivity index (χ2v) is 4.58. The van der Waals surface area contributed by atoms with Crippen LogP contribution in [-0.4, -0.2) is 15.7 Å². The molecule has 0 aliphatic heterocycles.